The van der Waals surface area contributed by atoms with Gasteiger partial charge in [-0.15, -0.1) is 11.3 Å². The van der Waals surface area contributed by atoms with E-state index in [2.05, 4.69) is 4.98 Å². The summed E-state index contributed by atoms with van der Waals surface area (Å²) in [6.07, 6.45) is 2.80. The molecule has 5 rings (SSSR count). The fourth-order valence-electron chi connectivity index (χ4n) is 5.00. The molecule has 2 saturated heterocycles. The highest BCUT2D eigenvalue weighted by Gasteiger charge is 2.62. The van der Waals surface area contributed by atoms with E-state index in [9.17, 15) is 9.59 Å². The van der Waals surface area contributed by atoms with E-state index >= 15 is 0 Å². The van der Waals surface area contributed by atoms with Gasteiger partial charge in [0.15, 0.2) is 11.5 Å². The fraction of sp³-hybridized carbons (Fsp3) is 0.450. The highest BCUT2D eigenvalue weighted by Crippen LogP contribution is 2.52. The summed E-state index contributed by atoms with van der Waals surface area (Å²) in [5.74, 6) is 0.901. The molecule has 0 unspecified atom stereocenters. The molecule has 1 amide bonds. The average molecular weight is 400 g/mol. The predicted octanol–water partition coefficient (Wildman–Crippen LogP) is 2.65. The van der Waals surface area contributed by atoms with Crippen molar-refractivity contribution in [2.75, 3.05) is 13.9 Å². The second kappa shape index (κ2) is 6.48. The van der Waals surface area contributed by atoms with Gasteiger partial charge in [-0.05, 0) is 37.5 Å². The smallest absolute Gasteiger partial charge is 0.314 e. The molecule has 4 heterocycles. The third kappa shape index (κ3) is 2.51. The van der Waals surface area contributed by atoms with Gasteiger partial charge in [0, 0.05) is 29.4 Å². The largest absolute Gasteiger partial charge is 0.469 e. The van der Waals surface area contributed by atoms with Gasteiger partial charge in [0.25, 0.3) is 5.91 Å². The third-order valence-electron chi connectivity index (χ3n) is 6.17. The molecular weight excluding hydrogens is 380 g/mol. The first-order valence-corrected chi connectivity index (χ1v) is 10.2. The van der Waals surface area contributed by atoms with Crippen LogP contribution in [-0.4, -0.2) is 47.7 Å². The molecule has 146 valence electrons. The molecule has 0 N–H and O–H groups in total. The number of carbonyl (C=O) groups excluding carboxylic acids is 2. The van der Waals surface area contributed by atoms with Gasteiger partial charge in [0.1, 0.15) is 0 Å². The number of hydrogen-bond donors (Lipinski definition) is 0. The molecule has 3 aliphatic heterocycles. The minimum absolute atomic E-state index is 0.0284. The zero-order valence-electron chi connectivity index (χ0n) is 15.4. The average Bonchev–Trinajstić information content (AvgIpc) is 3.49. The van der Waals surface area contributed by atoms with Crippen LogP contribution in [0.4, 0.5) is 0 Å². The summed E-state index contributed by atoms with van der Waals surface area (Å²) in [6, 6.07) is 5.08. The van der Waals surface area contributed by atoms with Crippen LogP contribution in [0.1, 0.15) is 35.3 Å². The van der Waals surface area contributed by atoms with Crippen molar-refractivity contribution in [3.63, 3.8) is 0 Å². The minimum Gasteiger partial charge on any atom is -0.469 e. The van der Waals surface area contributed by atoms with Crippen molar-refractivity contribution in [3.05, 3.63) is 40.3 Å². The number of methoxy groups -OCH3 is 1. The molecule has 3 aliphatic rings. The SMILES string of the molecule is COC(=O)[C@@]1(Cc2cscn2)C[C@H]2CC[C@@H]1N2C(=O)c1ccc2c(c1)OCO2. The van der Waals surface area contributed by atoms with Crippen molar-refractivity contribution in [2.24, 2.45) is 5.41 Å². The van der Waals surface area contributed by atoms with Crippen molar-refractivity contribution >= 4 is 23.2 Å². The first kappa shape index (κ1) is 17.5. The predicted molar refractivity (Wildman–Crippen MR) is 100 cm³/mol. The number of rotatable bonds is 4. The normalized spacial score (nSPS) is 27.2. The van der Waals surface area contributed by atoms with Gasteiger partial charge in [-0.3, -0.25) is 9.59 Å². The summed E-state index contributed by atoms with van der Waals surface area (Å²) < 4.78 is 15.9. The number of benzene rings is 1. The van der Waals surface area contributed by atoms with E-state index in [4.69, 9.17) is 14.2 Å². The van der Waals surface area contributed by atoms with E-state index in [0.29, 0.717) is 29.9 Å². The highest BCUT2D eigenvalue weighted by molar-refractivity contribution is 7.07. The second-order valence-electron chi connectivity index (χ2n) is 7.54. The molecule has 2 aromatic rings. The van der Waals surface area contributed by atoms with Crippen LogP contribution in [-0.2, 0) is 16.0 Å². The zero-order chi connectivity index (χ0) is 19.3. The number of aromatic nitrogens is 1. The zero-order valence-corrected chi connectivity index (χ0v) is 16.2. The Labute approximate surface area is 166 Å². The van der Waals surface area contributed by atoms with Gasteiger partial charge in [0.05, 0.1) is 23.7 Å². The molecule has 1 aromatic carbocycles. The highest BCUT2D eigenvalue weighted by atomic mass is 32.1. The number of ether oxygens (including phenoxy) is 3. The van der Waals surface area contributed by atoms with Gasteiger partial charge >= 0.3 is 5.97 Å². The van der Waals surface area contributed by atoms with Crippen LogP contribution in [0.5, 0.6) is 11.5 Å². The Morgan fingerprint density at radius 1 is 1.32 bits per heavy atom. The lowest BCUT2D eigenvalue weighted by atomic mass is 9.71. The van der Waals surface area contributed by atoms with E-state index in [1.54, 1.807) is 23.7 Å². The molecule has 0 spiro atoms. The van der Waals surface area contributed by atoms with Crippen LogP contribution >= 0.6 is 11.3 Å². The number of nitrogens with zero attached hydrogens (tertiary/aromatic N) is 2. The summed E-state index contributed by atoms with van der Waals surface area (Å²) >= 11 is 1.51. The Balaban J connectivity index is 1.48. The molecule has 0 radical (unpaired) electrons. The van der Waals surface area contributed by atoms with Gasteiger partial charge in [-0.25, -0.2) is 4.98 Å². The van der Waals surface area contributed by atoms with Crippen molar-refractivity contribution < 1.29 is 23.8 Å². The maximum Gasteiger partial charge on any atom is 0.314 e. The Kier molecular flexibility index (Phi) is 4.04. The molecule has 2 bridgehead atoms. The van der Waals surface area contributed by atoms with Gasteiger partial charge in [-0.1, -0.05) is 0 Å². The fourth-order valence-corrected chi connectivity index (χ4v) is 5.56. The molecule has 0 aliphatic carbocycles. The number of thiazole rings is 1. The molecule has 2 fully saturated rings. The van der Waals surface area contributed by atoms with Crippen molar-refractivity contribution in [1.82, 2.24) is 9.88 Å². The maximum absolute atomic E-state index is 13.4. The monoisotopic (exact) mass is 400 g/mol. The van der Waals surface area contributed by atoms with E-state index < -0.39 is 5.41 Å². The van der Waals surface area contributed by atoms with Gasteiger partial charge in [0.2, 0.25) is 6.79 Å². The number of fused-ring (bicyclic) bond motifs is 3. The lowest BCUT2D eigenvalue weighted by Gasteiger charge is -2.34. The summed E-state index contributed by atoms with van der Waals surface area (Å²) in [6.45, 7) is 0.168. The van der Waals surface area contributed by atoms with E-state index in [1.807, 2.05) is 10.3 Å². The van der Waals surface area contributed by atoms with Gasteiger partial charge in [-0.2, -0.15) is 0 Å². The molecular formula is C20H20N2O5S. The van der Waals surface area contributed by atoms with Crippen LogP contribution in [0.3, 0.4) is 0 Å². The number of carbonyl (C=O) groups is 2. The van der Waals surface area contributed by atoms with Crippen LogP contribution in [0.2, 0.25) is 0 Å². The van der Waals surface area contributed by atoms with Crippen molar-refractivity contribution in [1.29, 1.82) is 0 Å². The third-order valence-corrected chi connectivity index (χ3v) is 6.80. The lowest BCUT2D eigenvalue weighted by Crippen LogP contribution is -2.47. The summed E-state index contributed by atoms with van der Waals surface area (Å²) in [5.41, 5.74) is 2.45. The quantitative estimate of drug-likeness (QED) is 0.735. The first-order valence-electron chi connectivity index (χ1n) is 9.30. The maximum atomic E-state index is 13.4. The number of esters is 1. The molecule has 3 atom stereocenters. The standard InChI is InChI=1S/C20H20N2O5S/c1-25-19(24)20(7-13-9-28-10-21-13)8-14-3-5-17(20)22(14)18(23)12-2-4-15-16(6-12)27-11-26-15/h2,4,6,9-10,14,17H,3,5,7-8,11H2,1H3/t14-,17+,20+/m1/s1. The van der Waals surface area contributed by atoms with E-state index in [1.165, 1.54) is 18.4 Å². The van der Waals surface area contributed by atoms with Crippen LogP contribution in [0.15, 0.2) is 29.1 Å². The summed E-state index contributed by atoms with van der Waals surface area (Å²) in [5, 5.41) is 1.96. The van der Waals surface area contributed by atoms with Crippen molar-refractivity contribution in [3.8, 4) is 11.5 Å². The first-order chi connectivity index (χ1) is 13.6. The van der Waals surface area contributed by atoms with Crippen LogP contribution in [0, 0.1) is 5.41 Å². The van der Waals surface area contributed by atoms with Gasteiger partial charge < -0.3 is 19.1 Å². The van der Waals surface area contributed by atoms with Crippen LogP contribution < -0.4 is 9.47 Å². The van der Waals surface area contributed by atoms with E-state index in [-0.39, 0.29) is 30.8 Å². The number of hydrogen-bond acceptors (Lipinski definition) is 7. The Bertz CT molecular complexity index is 931. The summed E-state index contributed by atoms with van der Waals surface area (Å²) in [7, 11) is 1.42. The molecule has 0 saturated carbocycles. The Morgan fingerprint density at radius 2 is 2.18 bits per heavy atom. The second-order valence-corrected chi connectivity index (χ2v) is 8.25. The topological polar surface area (TPSA) is 78.0 Å². The molecule has 7 nitrogen and oxygen atoms in total. The molecule has 28 heavy (non-hydrogen) atoms. The summed E-state index contributed by atoms with van der Waals surface area (Å²) in [4.78, 5) is 32.5. The van der Waals surface area contributed by atoms with Crippen LogP contribution in [0.25, 0.3) is 0 Å². The molecule has 8 heteroatoms. The van der Waals surface area contributed by atoms with Crippen molar-refractivity contribution in [2.45, 2.75) is 37.8 Å². The minimum atomic E-state index is -0.738. The molecule has 1 aromatic heterocycles. The Hall–Kier alpha value is -2.61. The van der Waals surface area contributed by atoms with E-state index in [0.717, 1.165) is 18.5 Å². The lowest BCUT2D eigenvalue weighted by molar-refractivity contribution is -0.154. The Morgan fingerprint density at radius 3 is 2.96 bits per heavy atom. The number of amides is 1.